The lowest BCUT2D eigenvalue weighted by Crippen LogP contribution is -2.29. The quantitative estimate of drug-likeness (QED) is 0.877. The second kappa shape index (κ2) is 6.45. The molecule has 1 aromatic carbocycles. The topological polar surface area (TPSA) is 62.2 Å². The maximum atomic E-state index is 11.9. The highest BCUT2D eigenvalue weighted by molar-refractivity contribution is 7.05. The van der Waals surface area contributed by atoms with Crippen LogP contribution in [-0.2, 0) is 0 Å². The Morgan fingerprint density at radius 3 is 2.74 bits per heavy atom. The molecule has 2 N–H and O–H groups in total. The van der Waals surface area contributed by atoms with E-state index in [0.29, 0.717) is 12.2 Å². The number of carbonyl (C=O) groups is 1. The van der Waals surface area contributed by atoms with Crippen molar-refractivity contribution in [2.45, 2.75) is 12.8 Å². The molecule has 0 saturated carbocycles. The summed E-state index contributed by atoms with van der Waals surface area (Å²) in [5.41, 5.74) is 1.45. The number of benzene rings is 1. The number of aliphatic hydroxyl groups is 1. The Morgan fingerprint density at radius 2 is 2.16 bits per heavy atom. The van der Waals surface area contributed by atoms with Gasteiger partial charge in [-0.2, -0.15) is 4.37 Å². The van der Waals surface area contributed by atoms with Gasteiger partial charge in [0.1, 0.15) is 5.69 Å². The van der Waals surface area contributed by atoms with E-state index in [4.69, 9.17) is 0 Å². The summed E-state index contributed by atoms with van der Waals surface area (Å²) in [7, 11) is 0. The Balaban J connectivity index is 1.95. The summed E-state index contributed by atoms with van der Waals surface area (Å²) in [6, 6.07) is 11.4. The maximum Gasteiger partial charge on any atom is 0.271 e. The van der Waals surface area contributed by atoms with Crippen LogP contribution in [0, 0.1) is 6.92 Å². The molecule has 1 unspecified atom stereocenters. The highest BCUT2D eigenvalue weighted by atomic mass is 32.1. The molecule has 100 valence electrons. The molecule has 19 heavy (non-hydrogen) atoms. The third kappa shape index (κ3) is 3.62. The molecule has 0 aliphatic heterocycles. The lowest BCUT2D eigenvalue weighted by atomic mass is 10.00. The van der Waals surface area contributed by atoms with Gasteiger partial charge in [-0.25, -0.2) is 0 Å². The minimum Gasteiger partial charge on any atom is -0.396 e. The summed E-state index contributed by atoms with van der Waals surface area (Å²) < 4.78 is 4.06. The first-order valence-electron chi connectivity index (χ1n) is 6.08. The lowest BCUT2D eigenvalue weighted by molar-refractivity contribution is 0.0943. The molecular weight excluding hydrogens is 260 g/mol. The molecule has 1 heterocycles. The molecular formula is C14H16N2O2S. The van der Waals surface area contributed by atoms with Gasteiger partial charge in [0.2, 0.25) is 0 Å². The standard InChI is InChI=1S/C14H16N2O2S/c1-10-7-13(16-19-10)14(18)15-8-12(9-17)11-5-3-2-4-6-11/h2-7,12,17H,8-9H2,1H3,(H,15,18). The Labute approximate surface area is 116 Å². The van der Waals surface area contributed by atoms with Gasteiger partial charge in [0.25, 0.3) is 5.91 Å². The summed E-state index contributed by atoms with van der Waals surface area (Å²) in [6.45, 7) is 2.31. The zero-order valence-electron chi connectivity index (χ0n) is 10.7. The molecule has 0 aliphatic rings. The summed E-state index contributed by atoms with van der Waals surface area (Å²) in [6.07, 6.45) is 0. The van der Waals surface area contributed by atoms with Crippen LogP contribution in [0.4, 0.5) is 0 Å². The van der Waals surface area contributed by atoms with Crippen molar-refractivity contribution in [3.63, 3.8) is 0 Å². The van der Waals surface area contributed by atoms with Crippen LogP contribution in [0.2, 0.25) is 0 Å². The molecule has 2 aromatic rings. The molecule has 0 radical (unpaired) electrons. The van der Waals surface area contributed by atoms with Crippen LogP contribution in [-0.4, -0.2) is 28.5 Å². The highest BCUT2D eigenvalue weighted by Gasteiger charge is 2.14. The first-order chi connectivity index (χ1) is 9.20. The molecule has 0 spiro atoms. The number of hydrogen-bond donors (Lipinski definition) is 2. The highest BCUT2D eigenvalue weighted by Crippen LogP contribution is 2.14. The SMILES string of the molecule is Cc1cc(C(=O)NCC(CO)c2ccccc2)ns1. The molecule has 2 rings (SSSR count). The first kappa shape index (κ1) is 13.7. The van der Waals surface area contributed by atoms with Crippen molar-refractivity contribution >= 4 is 17.4 Å². The summed E-state index contributed by atoms with van der Waals surface area (Å²) in [5, 5.41) is 12.2. The Hall–Kier alpha value is -1.72. The number of carbonyl (C=O) groups excluding carboxylic acids is 1. The predicted molar refractivity (Wildman–Crippen MR) is 75.5 cm³/mol. The van der Waals surface area contributed by atoms with Crippen molar-refractivity contribution in [2.24, 2.45) is 0 Å². The van der Waals surface area contributed by atoms with E-state index in [1.165, 1.54) is 11.5 Å². The van der Waals surface area contributed by atoms with E-state index >= 15 is 0 Å². The second-order valence-corrected chi connectivity index (χ2v) is 5.33. The molecule has 5 heteroatoms. The molecule has 0 bridgehead atoms. The summed E-state index contributed by atoms with van der Waals surface area (Å²) in [5.74, 6) is -0.288. The molecule has 1 amide bonds. The van der Waals surface area contributed by atoms with Gasteiger partial charge < -0.3 is 10.4 Å². The van der Waals surface area contributed by atoms with E-state index in [9.17, 15) is 9.90 Å². The fourth-order valence-electron chi connectivity index (χ4n) is 1.79. The van der Waals surface area contributed by atoms with Gasteiger partial charge in [-0.05, 0) is 30.1 Å². The van der Waals surface area contributed by atoms with Crippen LogP contribution in [0.1, 0.15) is 26.8 Å². The second-order valence-electron chi connectivity index (χ2n) is 4.32. The van der Waals surface area contributed by atoms with E-state index in [2.05, 4.69) is 9.69 Å². The van der Waals surface area contributed by atoms with Gasteiger partial charge in [-0.15, -0.1) is 0 Å². The van der Waals surface area contributed by atoms with Crippen LogP contribution in [0.15, 0.2) is 36.4 Å². The average Bonchev–Trinajstić information content (AvgIpc) is 2.87. The van der Waals surface area contributed by atoms with Crippen molar-refractivity contribution < 1.29 is 9.90 Å². The maximum absolute atomic E-state index is 11.9. The van der Waals surface area contributed by atoms with Crippen molar-refractivity contribution in [2.75, 3.05) is 13.2 Å². The number of nitrogens with zero attached hydrogens (tertiary/aromatic N) is 1. The fourth-order valence-corrected chi connectivity index (χ4v) is 2.34. The summed E-state index contributed by atoms with van der Waals surface area (Å²) >= 11 is 1.31. The van der Waals surface area contributed by atoms with Crippen molar-refractivity contribution in [1.82, 2.24) is 9.69 Å². The van der Waals surface area contributed by atoms with Gasteiger partial charge >= 0.3 is 0 Å². The molecule has 4 nitrogen and oxygen atoms in total. The number of aryl methyl sites for hydroxylation is 1. The summed E-state index contributed by atoms with van der Waals surface area (Å²) in [4.78, 5) is 12.9. The molecule has 0 saturated heterocycles. The zero-order chi connectivity index (χ0) is 13.7. The van der Waals surface area contributed by atoms with Gasteiger partial charge in [-0.1, -0.05) is 30.3 Å². The van der Waals surface area contributed by atoms with E-state index in [1.54, 1.807) is 6.07 Å². The van der Waals surface area contributed by atoms with Crippen LogP contribution in [0.25, 0.3) is 0 Å². The third-order valence-corrected chi connectivity index (χ3v) is 3.55. The van der Waals surface area contributed by atoms with Crippen LogP contribution < -0.4 is 5.32 Å². The number of aromatic nitrogens is 1. The van der Waals surface area contributed by atoms with Crippen LogP contribution in [0.5, 0.6) is 0 Å². The van der Waals surface area contributed by atoms with Crippen LogP contribution in [0.3, 0.4) is 0 Å². The Morgan fingerprint density at radius 1 is 1.42 bits per heavy atom. The largest absolute Gasteiger partial charge is 0.396 e. The number of rotatable bonds is 5. The fraction of sp³-hybridized carbons (Fsp3) is 0.286. The Bertz CT molecular complexity index is 539. The lowest BCUT2D eigenvalue weighted by Gasteiger charge is -2.14. The molecule has 1 atom stereocenters. The van der Waals surface area contributed by atoms with E-state index in [-0.39, 0.29) is 18.4 Å². The number of amides is 1. The molecule has 0 aliphatic carbocycles. The van der Waals surface area contributed by atoms with E-state index in [0.717, 1.165) is 10.4 Å². The normalized spacial score (nSPS) is 12.1. The Kier molecular flexibility index (Phi) is 4.65. The van der Waals surface area contributed by atoms with Gasteiger partial charge in [0, 0.05) is 17.3 Å². The molecule has 0 fully saturated rings. The number of aliphatic hydroxyl groups excluding tert-OH is 1. The first-order valence-corrected chi connectivity index (χ1v) is 6.85. The monoisotopic (exact) mass is 276 g/mol. The van der Waals surface area contributed by atoms with Crippen molar-refractivity contribution in [1.29, 1.82) is 0 Å². The third-order valence-electron chi connectivity index (χ3n) is 2.86. The average molecular weight is 276 g/mol. The van der Waals surface area contributed by atoms with Crippen molar-refractivity contribution in [3.05, 3.63) is 52.5 Å². The number of nitrogens with one attached hydrogen (secondary N) is 1. The van der Waals surface area contributed by atoms with E-state index < -0.39 is 0 Å². The van der Waals surface area contributed by atoms with Gasteiger partial charge in [0.15, 0.2) is 0 Å². The van der Waals surface area contributed by atoms with Crippen molar-refractivity contribution in [3.8, 4) is 0 Å². The minimum absolute atomic E-state index is 0.000384. The number of hydrogen-bond acceptors (Lipinski definition) is 4. The van der Waals surface area contributed by atoms with E-state index in [1.807, 2.05) is 37.3 Å². The smallest absolute Gasteiger partial charge is 0.271 e. The predicted octanol–water partition coefficient (Wildman–Crippen LogP) is 1.96. The van der Waals surface area contributed by atoms with Crippen LogP contribution >= 0.6 is 11.5 Å². The van der Waals surface area contributed by atoms with Gasteiger partial charge in [-0.3, -0.25) is 4.79 Å². The minimum atomic E-state index is -0.196. The molecule has 1 aromatic heterocycles. The van der Waals surface area contributed by atoms with Gasteiger partial charge in [0.05, 0.1) is 6.61 Å². The zero-order valence-corrected chi connectivity index (χ0v) is 11.5.